The first kappa shape index (κ1) is 16.3. The minimum atomic E-state index is -3.86. The molecule has 1 atom stereocenters. The SMILES string of the molecule is Cc1ccc(Cl)cc1S(=O)(=O)N1CCCCCC1C(=O)O. The lowest BCUT2D eigenvalue weighted by Crippen LogP contribution is -2.44. The quantitative estimate of drug-likeness (QED) is 0.924. The van der Waals surface area contributed by atoms with E-state index >= 15 is 0 Å². The highest BCUT2D eigenvalue weighted by Crippen LogP contribution is 2.28. The molecule has 1 N–H and O–H groups in total. The van der Waals surface area contributed by atoms with Crippen LogP contribution in [-0.2, 0) is 14.8 Å². The fourth-order valence-corrected chi connectivity index (χ4v) is 4.73. The molecule has 1 unspecified atom stereocenters. The zero-order valence-corrected chi connectivity index (χ0v) is 13.3. The third-order valence-corrected chi connectivity index (χ3v) is 6.01. The molecule has 1 fully saturated rings. The van der Waals surface area contributed by atoms with E-state index in [1.54, 1.807) is 19.1 Å². The lowest BCUT2D eigenvalue weighted by Gasteiger charge is -2.26. The van der Waals surface area contributed by atoms with Gasteiger partial charge in [0.2, 0.25) is 10.0 Å². The average molecular weight is 332 g/mol. The number of carboxylic acid groups (broad SMARTS) is 1. The molecule has 21 heavy (non-hydrogen) atoms. The molecule has 1 aliphatic rings. The van der Waals surface area contributed by atoms with E-state index < -0.39 is 22.0 Å². The van der Waals surface area contributed by atoms with Gasteiger partial charge in [-0.15, -0.1) is 0 Å². The van der Waals surface area contributed by atoms with Crippen LogP contribution in [0.5, 0.6) is 0 Å². The van der Waals surface area contributed by atoms with Crippen molar-refractivity contribution in [2.45, 2.75) is 43.5 Å². The van der Waals surface area contributed by atoms with Crippen LogP contribution < -0.4 is 0 Å². The lowest BCUT2D eigenvalue weighted by molar-refractivity contribution is -0.141. The summed E-state index contributed by atoms with van der Waals surface area (Å²) in [6, 6.07) is 3.63. The Morgan fingerprint density at radius 3 is 2.71 bits per heavy atom. The second-order valence-corrected chi connectivity index (χ2v) is 7.52. The number of benzene rings is 1. The Bertz CT molecular complexity index is 644. The largest absolute Gasteiger partial charge is 0.480 e. The fraction of sp³-hybridized carbons (Fsp3) is 0.500. The van der Waals surface area contributed by atoms with Crippen LogP contribution in [0.25, 0.3) is 0 Å². The van der Waals surface area contributed by atoms with E-state index in [0.29, 0.717) is 23.4 Å². The van der Waals surface area contributed by atoms with Gasteiger partial charge in [0.1, 0.15) is 6.04 Å². The summed E-state index contributed by atoms with van der Waals surface area (Å²) in [5, 5.41) is 9.66. The summed E-state index contributed by atoms with van der Waals surface area (Å²) in [5.41, 5.74) is 0.563. The normalized spacial score (nSPS) is 21.0. The number of nitrogens with zero attached hydrogens (tertiary/aromatic N) is 1. The van der Waals surface area contributed by atoms with Crippen LogP contribution in [0.4, 0.5) is 0 Å². The summed E-state index contributed by atoms with van der Waals surface area (Å²) in [7, 11) is -3.86. The number of hydrogen-bond acceptors (Lipinski definition) is 3. The van der Waals surface area contributed by atoms with Crippen molar-refractivity contribution in [1.82, 2.24) is 4.31 Å². The molecule has 0 aliphatic carbocycles. The molecule has 0 radical (unpaired) electrons. The van der Waals surface area contributed by atoms with Gasteiger partial charge in [-0.1, -0.05) is 30.5 Å². The van der Waals surface area contributed by atoms with E-state index in [4.69, 9.17) is 11.6 Å². The van der Waals surface area contributed by atoms with E-state index in [1.807, 2.05) is 0 Å². The van der Waals surface area contributed by atoms with E-state index in [9.17, 15) is 18.3 Å². The van der Waals surface area contributed by atoms with E-state index in [0.717, 1.165) is 17.1 Å². The first-order chi connectivity index (χ1) is 9.84. The topological polar surface area (TPSA) is 74.7 Å². The van der Waals surface area contributed by atoms with Gasteiger partial charge in [-0.3, -0.25) is 4.79 Å². The molecule has 0 amide bonds. The lowest BCUT2D eigenvalue weighted by atomic mass is 10.1. The molecule has 1 aromatic rings. The Kier molecular flexibility index (Phi) is 4.91. The molecule has 1 saturated heterocycles. The highest BCUT2D eigenvalue weighted by Gasteiger charge is 2.37. The summed E-state index contributed by atoms with van der Waals surface area (Å²) in [6.07, 6.45) is 2.57. The van der Waals surface area contributed by atoms with Crippen molar-refractivity contribution in [3.63, 3.8) is 0 Å². The molecule has 1 aliphatic heterocycles. The van der Waals surface area contributed by atoms with Gasteiger partial charge in [0.15, 0.2) is 0 Å². The molecule has 116 valence electrons. The zero-order chi connectivity index (χ0) is 15.6. The summed E-state index contributed by atoms with van der Waals surface area (Å²) < 4.78 is 26.8. The number of halogens is 1. The average Bonchev–Trinajstić information content (AvgIpc) is 2.67. The summed E-state index contributed by atoms with van der Waals surface area (Å²) >= 11 is 5.89. The number of carboxylic acids is 1. The van der Waals surface area contributed by atoms with Gasteiger partial charge in [-0.05, 0) is 37.5 Å². The van der Waals surface area contributed by atoms with E-state index in [-0.39, 0.29) is 11.4 Å². The third-order valence-electron chi connectivity index (χ3n) is 3.73. The van der Waals surface area contributed by atoms with E-state index in [1.165, 1.54) is 6.07 Å². The minimum Gasteiger partial charge on any atom is -0.480 e. The van der Waals surface area contributed by atoms with Crippen molar-refractivity contribution in [3.05, 3.63) is 28.8 Å². The van der Waals surface area contributed by atoms with Crippen LogP contribution in [0.1, 0.15) is 31.2 Å². The number of hydrogen-bond donors (Lipinski definition) is 1. The molecule has 1 heterocycles. The molecule has 2 rings (SSSR count). The molecule has 0 bridgehead atoms. The molecular weight excluding hydrogens is 314 g/mol. The van der Waals surface area contributed by atoms with Crippen molar-refractivity contribution >= 4 is 27.6 Å². The number of carbonyl (C=O) groups is 1. The third kappa shape index (κ3) is 3.39. The maximum atomic E-state index is 12.8. The Morgan fingerprint density at radius 2 is 2.05 bits per heavy atom. The van der Waals surface area contributed by atoms with Gasteiger partial charge in [-0.2, -0.15) is 4.31 Å². The second-order valence-electron chi connectivity index (χ2n) is 5.23. The van der Waals surface area contributed by atoms with Crippen molar-refractivity contribution in [1.29, 1.82) is 0 Å². The molecule has 0 spiro atoms. The van der Waals surface area contributed by atoms with Crippen LogP contribution in [0, 0.1) is 6.92 Å². The van der Waals surface area contributed by atoms with Crippen LogP contribution in [0.2, 0.25) is 5.02 Å². The van der Waals surface area contributed by atoms with Crippen molar-refractivity contribution in [2.75, 3.05) is 6.54 Å². The molecule has 0 aromatic heterocycles. The first-order valence-electron chi connectivity index (χ1n) is 6.85. The van der Waals surface area contributed by atoms with Crippen LogP contribution in [-0.4, -0.2) is 36.4 Å². The standard InChI is InChI=1S/C14H18ClNO4S/c1-10-6-7-11(15)9-13(10)21(19,20)16-8-4-2-3-5-12(16)14(17)18/h6-7,9,12H,2-5,8H2,1H3,(H,17,18). The van der Waals surface area contributed by atoms with Crippen LogP contribution >= 0.6 is 11.6 Å². The van der Waals surface area contributed by atoms with Gasteiger partial charge < -0.3 is 5.11 Å². The minimum absolute atomic E-state index is 0.0862. The Hall–Kier alpha value is -1.11. The Morgan fingerprint density at radius 1 is 1.33 bits per heavy atom. The predicted octanol–water partition coefficient (Wildman–Crippen LogP) is 2.67. The second kappa shape index (κ2) is 6.34. The monoisotopic (exact) mass is 331 g/mol. The van der Waals surface area contributed by atoms with E-state index in [2.05, 4.69) is 0 Å². The summed E-state index contributed by atoms with van der Waals surface area (Å²) in [4.78, 5) is 11.5. The molecule has 0 saturated carbocycles. The maximum Gasteiger partial charge on any atom is 0.322 e. The van der Waals surface area contributed by atoms with Gasteiger partial charge in [0, 0.05) is 11.6 Å². The van der Waals surface area contributed by atoms with Crippen molar-refractivity contribution < 1.29 is 18.3 Å². The summed E-state index contributed by atoms with van der Waals surface area (Å²) in [5.74, 6) is -1.10. The number of aliphatic carboxylic acids is 1. The molecule has 7 heteroatoms. The van der Waals surface area contributed by atoms with Crippen LogP contribution in [0.3, 0.4) is 0 Å². The molecule has 5 nitrogen and oxygen atoms in total. The first-order valence-corrected chi connectivity index (χ1v) is 8.66. The van der Waals surface area contributed by atoms with Gasteiger partial charge in [0.25, 0.3) is 0 Å². The predicted molar refractivity (Wildman–Crippen MR) is 80.0 cm³/mol. The highest BCUT2D eigenvalue weighted by molar-refractivity contribution is 7.89. The van der Waals surface area contributed by atoms with Crippen molar-refractivity contribution in [2.24, 2.45) is 0 Å². The molecule has 1 aromatic carbocycles. The van der Waals surface area contributed by atoms with Gasteiger partial charge in [-0.25, -0.2) is 8.42 Å². The maximum absolute atomic E-state index is 12.8. The zero-order valence-electron chi connectivity index (χ0n) is 11.8. The molecular formula is C14H18ClNO4S. The number of aryl methyl sites for hydroxylation is 1. The Labute approximate surface area is 129 Å². The van der Waals surface area contributed by atoms with Gasteiger partial charge >= 0.3 is 5.97 Å². The number of sulfonamides is 1. The summed E-state index contributed by atoms with van der Waals surface area (Å²) in [6.45, 7) is 1.90. The smallest absolute Gasteiger partial charge is 0.322 e. The number of rotatable bonds is 3. The van der Waals surface area contributed by atoms with Gasteiger partial charge in [0.05, 0.1) is 4.90 Å². The van der Waals surface area contributed by atoms with Crippen molar-refractivity contribution in [3.8, 4) is 0 Å². The Balaban J connectivity index is 2.49. The van der Waals surface area contributed by atoms with Crippen LogP contribution in [0.15, 0.2) is 23.1 Å². The fourth-order valence-electron chi connectivity index (χ4n) is 2.59. The highest BCUT2D eigenvalue weighted by atomic mass is 35.5.